The van der Waals surface area contributed by atoms with Crippen molar-refractivity contribution in [1.29, 1.82) is 0 Å². The molecule has 1 aliphatic rings. The van der Waals surface area contributed by atoms with Gasteiger partial charge in [-0.05, 0) is 5.41 Å². The highest BCUT2D eigenvalue weighted by Crippen LogP contribution is 2.69. The van der Waals surface area contributed by atoms with Gasteiger partial charge in [0.1, 0.15) is 0 Å². The maximum Gasteiger partial charge on any atom is 0.231 e. The van der Waals surface area contributed by atoms with E-state index in [9.17, 15) is 0 Å². The summed E-state index contributed by atoms with van der Waals surface area (Å²) in [4.78, 5) is 9.04. The lowest BCUT2D eigenvalue weighted by atomic mass is 10.1. The molecule has 1 aromatic carbocycles. The molecule has 4 rings (SSSR count). The Balaban J connectivity index is 1.65. The van der Waals surface area contributed by atoms with Gasteiger partial charge in [-0.25, -0.2) is 4.98 Å². The van der Waals surface area contributed by atoms with Crippen LogP contribution in [0.4, 0.5) is 0 Å². The molecule has 1 aliphatic carbocycles. The van der Waals surface area contributed by atoms with Gasteiger partial charge in [0.25, 0.3) is 0 Å². The molecule has 1 saturated carbocycles. The van der Waals surface area contributed by atoms with Crippen LogP contribution in [0.3, 0.4) is 0 Å². The van der Waals surface area contributed by atoms with E-state index in [1.165, 1.54) is 0 Å². The lowest BCUT2D eigenvalue weighted by Gasteiger charge is -1.97. The van der Waals surface area contributed by atoms with Crippen LogP contribution in [-0.2, 0) is 0 Å². The molecular formula is C16H15N3OS. The number of hydrogen-bond acceptors (Lipinski definition) is 5. The molecule has 0 radical (unpaired) electrons. The molecule has 0 saturated heterocycles. The second-order valence-corrected chi connectivity index (χ2v) is 6.90. The Morgan fingerprint density at radius 2 is 1.95 bits per heavy atom. The van der Waals surface area contributed by atoms with Crippen LogP contribution in [0.25, 0.3) is 11.4 Å². The first-order valence-corrected chi connectivity index (χ1v) is 7.84. The fraction of sp³-hybridized carbons (Fsp3) is 0.312. The highest BCUT2D eigenvalue weighted by Gasteiger charge is 2.63. The second kappa shape index (κ2) is 4.49. The molecule has 0 spiro atoms. The number of thiazole rings is 1. The van der Waals surface area contributed by atoms with Gasteiger partial charge in [0.2, 0.25) is 11.7 Å². The Morgan fingerprint density at radius 1 is 1.14 bits per heavy atom. The second-order valence-electron chi connectivity index (χ2n) is 5.97. The largest absolute Gasteiger partial charge is 0.339 e. The van der Waals surface area contributed by atoms with Gasteiger partial charge in [0.15, 0.2) is 0 Å². The van der Waals surface area contributed by atoms with E-state index in [-0.39, 0.29) is 11.3 Å². The molecule has 0 bridgehead atoms. The van der Waals surface area contributed by atoms with Crippen molar-refractivity contribution in [3.05, 3.63) is 52.8 Å². The van der Waals surface area contributed by atoms with E-state index in [0.29, 0.717) is 11.7 Å². The van der Waals surface area contributed by atoms with Crippen molar-refractivity contribution >= 4 is 11.3 Å². The van der Waals surface area contributed by atoms with Gasteiger partial charge in [-0.1, -0.05) is 49.3 Å². The van der Waals surface area contributed by atoms with Gasteiger partial charge < -0.3 is 4.52 Å². The van der Waals surface area contributed by atoms with E-state index in [4.69, 9.17) is 4.52 Å². The van der Waals surface area contributed by atoms with Gasteiger partial charge in [-0.2, -0.15) is 4.98 Å². The van der Waals surface area contributed by atoms with Crippen LogP contribution in [0.5, 0.6) is 0 Å². The van der Waals surface area contributed by atoms with Crippen LogP contribution < -0.4 is 0 Å². The van der Waals surface area contributed by atoms with Gasteiger partial charge in [-0.3, -0.25) is 0 Å². The number of rotatable bonds is 3. The number of aromatic nitrogens is 3. The fourth-order valence-corrected chi connectivity index (χ4v) is 3.98. The molecule has 21 heavy (non-hydrogen) atoms. The SMILES string of the molecule is CC1(C)[C@@H](c2nc(-c3ccccc3)no2)[C@@H]1c1nccs1. The van der Waals surface area contributed by atoms with Crippen LogP contribution in [0.15, 0.2) is 46.4 Å². The van der Waals surface area contributed by atoms with Crippen LogP contribution in [-0.4, -0.2) is 15.1 Å². The Labute approximate surface area is 126 Å². The normalized spacial score (nSPS) is 23.1. The summed E-state index contributed by atoms with van der Waals surface area (Å²) in [5, 5.41) is 7.30. The quantitative estimate of drug-likeness (QED) is 0.730. The molecule has 0 aliphatic heterocycles. The minimum atomic E-state index is 0.123. The van der Waals surface area contributed by atoms with E-state index >= 15 is 0 Å². The van der Waals surface area contributed by atoms with Crippen molar-refractivity contribution < 1.29 is 4.52 Å². The maximum atomic E-state index is 5.52. The van der Waals surface area contributed by atoms with Crippen LogP contribution in [0, 0.1) is 5.41 Å². The molecular weight excluding hydrogens is 282 g/mol. The average molecular weight is 297 g/mol. The molecule has 0 amide bonds. The van der Waals surface area contributed by atoms with Crippen molar-refractivity contribution in [2.45, 2.75) is 25.7 Å². The van der Waals surface area contributed by atoms with Crippen molar-refractivity contribution in [1.82, 2.24) is 15.1 Å². The molecule has 0 unspecified atom stereocenters. The number of benzene rings is 1. The molecule has 2 atom stereocenters. The predicted molar refractivity (Wildman–Crippen MR) is 81.1 cm³/mol. The molecule has 4 nitrogen and oxygen atoms in total. The van der Waals surface area contributed by atoms with E-state index in [1.807, 2.05) is 41.9 Å². The summed E-state index contributed by atoms with van der Waals surface area (Å²) in [5.41, 5.74) is 1.11. The minimum Gasteiger partial charge on any atom is -0.339 e. The predicted octanol–water partition coefficient (Wildman–Crippen LogP) is 4.10. The van der Waals surface area contributed by atoms with Gasteiger partial charge >= 0.3 is 0 Å². The fourth-order valence-electron chi connectivity index (χ4n) is 3.01. The average Bonchev–Trinajstić information content (AvgIpc) is 2.96. The van der Waals surface area contributed by atoms with Gasteiger partial charge in [0.05, 0.1) is 10.9 Å². The van der Waals surface area contributed by atoms with Crippen molar-refractivity contribution in [2.24, 2.45) is 5.41 Å². The summed E-state index contributed by atoms with van der Waals surface area (Å²) < 4.78 is 5.52. The first-order chi connectivity index (χ1) is 10.2. The van der Waals surface area contributed by atoms with Crippen molar-refractivity contribution in [3.8, 4) is 11.4 Å². The Morgan fingerprint density at radius 3 is 2.67 bits per heavy atom. The zero-order valence-electron chi connectivity index (χ0n) is 11.9. The molecule has 0 N–H and O–H groups in total. The van der Waals surface area contributed by atoms with Crippen molar-refractivity contribution in [2.75, 3.05) is 0 Å². The minimum absolute atomic E-state index is 0.123. The summed E-state index contributed by atoms with van der Waals surface area (Å²) >= 11 is 1.70. The molecule has 2 heterocycles. The molecule has 5 heteroatoms. The summed E-state index contributed by atoms with van der Waals surface area (Å²) in [6.07, 6.45) is 1.86. The first-order valence-electron chi connectivity index (χ1n) is 6.96. The van der Waals surface area contributed by atoms with E-state index in [1.54, 1.807) is 11.3 Å². The van der Waals surface area contributed by atoms with E-state index < -0.39 is 0 Å². The lowest BCUT2D eigenvalue weighted by molar-refractivity contribution is 0.368. The smallest absolute Gasteiger partial charge is 0.231 e. The summed E-state index contributed by atoms with van der Waals surface area (Å²) in [6, 6.07) is 9.92. The lowest BCUT2D eigenvalue weighted by Crippen LogP contribution is -1.90. The summed E-state index contributed by atoms with van der Waals surface area (Å²) in [5.74, 6) is 2.01. The molecule has 2 aromatic heterocycles. The zero-order valence-corrected chi connectivity index (χ0v) is 12.7. The van der Waals surface area contributed by atoms with Crippen LogP contribution >= 0.6 is 11.3 Å². The summed E-state index contributed by atoms with van der Waals surface area (Å²) in [7, 11) is 0. The highest BCUT2D eigenvalue weighted by atomic mass is 32.1. The van der Waals surface area contributed by atoms with E-state index in [0.717, 1.165) is 16.5 Å². The Hall–Kier alpha value is -2.01. The third kappa shape index (κ3) is 2.00. The highest BCUT2D eigenvalue weighted by molar-refractivity contribution is 7.09. The standard InChI is InChI=1S/C16H15N3OS/c1-16(2)11(12(16)15-17-8-9-21-15)14-18-13(19-20-14)10-6-4-3-5-7-10/h3-9,11-12H,1-2H3/t11-,12-/m1/s1. The van der Waals surface area contributed by atoms with Gasteiger partial charge in [0, 0.05) is 23.1 Å². The van der Waals surface area contributed by atoms with Crippen LogP contribution in [0.2, 0.25) is 0 Å². The number of hydrogen-bond donors (Lipinski definition) is 0. The maximum absolute atomic E-state index is 5.52. The topological polar surface area (TPSA) is 51.8 Å². The zero-order chi connectivity index (χ0) is 14.4. The molecule has 1 fully saturated rings. The third-order valence-electron chi connectivity index (χ3n) is 4.28. The molecule has 106 valence electrons. The Kier molecular flexibility index (Phi) is 2.72. The third-order valence-corrected chi connectivity index (χ3v) is 5.14. The van der Waals surface area contributed by atoms with Crippen molar-refractivity contribution in [3.63, 3.8) is 0 Å². The van der Waals surface area contributed by atoms with Gasteiger partial charge in [-0.15, -0.1) is 11.3 Å². The number of nitrogens with zero attached hydrogens (tertiary/aromatic N) is 3. The Bertz CT molecular complexity index is 749. The van der Waals surface area contributed by atoms with E-state index in [2.05, 4.69) is 29.0 Å². The van der Waals surface area contributed by atoms with Crippen LogP contribution in [0.1, 0.15) is 36.6 Å². The summed E-state index contributed by atoms with van der Waals surface area (Å²) in [6.45, 7) is 4.46. The first kappa shape index (κ1) is 12.7. The monoisotopic (exact) mass is 297 g/mol. The molecule has 3 aromatic rings.